The lowest BCUT2D eigenvalue weighted by Crippen LogP contribution is -2.44. The Bertz CT molecular complexity index is 739. The van der Waals surface area contributed by atoms with Gasteiger partial charge < -0.3 is 14.3 Å². The summed E-state index contributed by atoms with van der Waals surface area (Å²) in [6.45, 7) is 6.74. The second-order valence-electron chi connectivity index (χ2n) is 8.58. The fourth-order valence-corrected chi connectivity index (χ4v) is 4.83. The van der Waals surface area contributed by atoms with Crippen molar-refractivity contribution in [1.29, 1.82) is 0 Å². The summed E-state index contributed by atoms with van der Waals surface area (Å²) in [6, 6.07) is 0. The summed E-state index contributed by atoms with van der Waals surface area (Å²) in [5, 5.41) is 4.00. The van der Waals surface area contributed by atoms with Gasteiger partial charge in [0.15, 0.2) is 0 Å². The van der Waals surface area contributed by atoms with Crippen LogP contribution in [0, 0.1) is 25.2 Å². The van der Waals surface area contributed by atoms with Crippen LogP contribution < -0.4 is 0 Å². The number of allylic oxidation sites excluding steroid dienone is 2. The van der Waals surface area contributed by atoms with Crippen LogP contribution in [0.25, 0.3) is 0 Å². The molecule has 0 aromatic carbocycles. The number of aromatic nitrogens is 1. The van der Waals surface area contributed by atoms with E-state index in [4.69, 9.17) is 4.52 Å². The number of hydrogen-bond donors (Lipinski definition) is 0. The van der Waals surface area contributed by atoms with Crippen LogP contribution in [0.5, 0.6) is 0 Å². The van der Waals surface area contributed by atoms with Crippen LogP contribution in [0.4, 0.5) is 0 Å². The molecule has 6 heteroatoms. The Labute approximate surface area is 160 Å². The molecule has 0 saturated carbocycles. The molecule has 4 rings (SSSR count). The van der Waals surface area contributed by atoms with E-state index in [0.29, 0.717) is 25.3 Å². The van der Waals surface area contributed by atoms with Crippen LogP contribution in [0.15, 0.2) is 16.7 Å². The first-order valence-electron chi connectivity index (χ1n) is 10.1. The molecule has 2 aliphatic heterocycles. The average molecular weight is 371 g/mol. The molecule has 3 aliphatic rings. The van der Waals surface area contributed by atoms with Gasteiger partial charge in [-0.2, -0.15) is 0 Å². The van der Waals surface area contributed by atoms with E-state index in [-0.39, 0.29) is 17.2 Å². The lowest BCUT2D eigenvalue weighted by molar-refractivity contribution is -0.134. The standard InChI is InChI=1S/C21H29N3O3/c1-15-18(16(2)27-22-15)13-24-14-21(12-20(24)26)7-9-23(10-8-21)19(25)11-17-5-3-4-6-17/h3,5,17H,4,6-14H2,1-2H3. The van der Waals surface area contributed by atoms with Crippen LogP contribution in [0.1, 0.15) is 55.5 Å². The number of carbonyl (C=O) groups is 2. The van der Waals surface area contributed by atoms with Gasteiger partial charge >= 0.3 is 0 Å². The molecule has 1 unspecified atom stereocenters. The molecular weight excluding hydrogens is 342 g/mol. The van der Waals surface area contributed by atoms with Gasteiger partial charge in [0.05, 0.1) is 12.2 Å². The molecule has 6 nitrogen and oxygen atoms in total. The number of likely N-dealkylation sites (tertiary alicyclic amines) is 2. The van der Waals surface area contributed by atoms with E-state index in [1.54, 1.807) is 0 Å². The summed E-state index contributed by atoms with van der Waals surface area (Å²) in [5.41, 5.74) is 1.92. The van der Waals surface area contributed by atoms with Crippen LogP contribution in [-0.4, -0.2) is 46.4 Å². The second-order valence-corrected chi connectivity index (χ2v) is 8.58. The molecule has 1 aromatic rings. The largest absolute Gasteiger partial charge is 0.361 e. The monoisotopic (exact) mass is 371 g/mol. The SMILES string of the molecule is Cc1noc(C)c1CN1CC2(CCN(C(=O)CC3C=CCC3)CC2)CC1=O. The van der Waals surface area contributed by atoms with Crippen molar-refractivity contribution in [3.63, 3.8) is 0 Å². The number of carbonyl (C=O) groups excluding carboxylic acids is 2. The summed E-state index contributed by atoms with van der Waals surface area (Å²) in [4.78, 5) is 29.2. The minimum Gasteiger partial charge on any atom is -0.361 e. The summed E-state index contributed by atoms with van der Waals surface area (Å²) in [7, 11) is 0. The third kappa shape index (κ3) is 3.66. The van der Waals surface area contributed by atoms with Crippen molar-refractivity contribution in [2.75, 3.05) is 19.6 Å². The molecule has 2 fully saturated rings. The average Bonchev–Trinajstić information content (AvgIpc) is 3.33. The second kappa shape index (κ2) is 7.13. The van der Waals surface area contributed by atoms with E-state index in [0.717, 1.165) is 62.3 Å². The minimum absolute atomic E-state index is 0.0279. The fourth-order valence-electron chi connectivity index (χ4n) is 4.83. The molecule has 27 heavy (non-hydrogen) atoms. The molecule has 0 bridgehead atoms. The molecule has 146 valence electrons. The Kier molecular flexibility index (Phi) is 4.82. The first-order chi connectivity index (χ1) is 13.0. The predicted octanol–water partition coefficient (Wildman–Crippen LogP) is 2.99. The Morgan fingerprint density at radius 3 is 2.74 bits per heavy atom. The van der Waals surface area contributed by atoms with Crippen molar-refractivity contribution >= 4 is 11.8 Å². The third-order valence-electron chi connectivity index (χ3n) is 6.66. The molecular formula is C21H29N3O3. The van der Waals surface area contributed by atoms with Gasteiger partial charge in [-0.3, -0.25) is 9.59 Å². The molecule has 2 saturated heterocycles. The van der Waals surface area contributed by atoms with Gasteiger partial charge in [0, 0.05) is 43.5 Å². The van der Waals surface area contributed by atoms with E-state index in [2.05, 4.69) is 17.3 Å². The number of nitrogens with zero attached hydrogens (tertiary/aromatic N) is 3. The highest BCUT2D eigenvalue weighted by atomic mass is 16.5. The smallest absolute Gasteiger partial charge is 0.223 e. The maximum absolute atomic E-state index is 12.6. The normalized spacial score (nSPS) is 24.4. The Morgan fingerprint density at radius 2 is 2.11 bits per heavy atom. The van der Waals surface area contributed by atoms with Gasteiger partial charge in [0.1, 0.15) is 5.76 Å². The van der Waals surface area contributed by atoms with Crippen molar-refractivity contribution in [1.82, 2.24) is 15.0 Å². The maximum atomic E-state index is 12.6. The van der Waals surface area contributed by atoms with Crippen molar-refractivity contribution < 1.29 is 14.1 Å². The molecule has 1 atom stereocenters. The molecule has 1 spiro atoms. The summed E-state index contributed by atoms with van der Waals surface area (Å²) < 4.78 is 5.24. The van der Waals surface area contributed by atoms with Gasteiger partial charge in [0.25, 0.3) is 0 Å². The van der Waals surface area contributed by atoms with E-state index >= 15 is 0 Å². The molecule has 2 amide bonds. The zero-order valence-electron chi connectivity index (χ0n) is 16.4. The predicted molar refractivity (Wildman–Crippen MR) is 101 cm³/mol. The van der Waals surface area contributed by atoms with Crippen LogP contribution in [0.2, 0.25) is 0 Å². The molecule has 1 aliphatic carbocycles. The number of amides is 2. The van der Waals surface area contributed by atoms with Crippen molar-refractivity contribution in [2.45, 2.75) is 58.9 Å². The van der Waals surface area contributed by atoms with Crippen LogP contribution in [0.3, 0.4) is 0 Å². The number of piperidine rings is 1. The maximum Gasteiger partial charge on any atom is 0.223 e. The van der Waals surface area contributed by atoms with Crippen LogP contribution >= 0.6 is 0 Å². The first-order valence-corrected chi connectivity index (χ1v) is 10.1. The highest BCUT2D eigenvalue weighted by molar-refractivity contribution is 5.80. The zero-order chi connectivity index (χ0) is 19.0. The van der Waals surface area contributed by atoms with Gasteiger partial charge in [-0.05, 0) is 45.4 Å². The fraction of sp³-hybridized carbons (Fsp3) is 0.667. The quantitative estimate of drug-likeness (QED) is 0.763. The minimum atomic E-state index is 0.0279. The van der Waals surface area contributed by atoms with Crippen molar-refractivity contribution in [2.24, 2.45) is 11.3 Å². The van der Waals surface area contributed by atoms with E-state index < -0.39 is 0 Å². The summed E-state index contributed by atoms with van der Waals surface area (Å²) in [5.74, 6) is 1.71. The van der Waals surface area contributed by atoms with Crippen LogP contribution in [-0.2, 0) is 16.1 Å². The number of aryl methyl sites for hydroxylation is 2. The third-order valence-corrected chi connectivity index (χ3v) is 6.66. The van der Waals surface area contributed by atoms with Gasteiger partial charge in [-0.15, -0.1) is 0 Å². The Morgan fingerprint density at radius 1 is 1.33 bits per heavy atom. The van der Waals surface area contributed by atoms with E-state index in [1.165, 1.54) is 0 Å². The molecule has 3 heterocycles. The molecule has 0 N–H and O–H groups in total. The summed E-state index contributed by atoms with van der Waals surface area (Å²) >= 11 is 0. The highest BCUT2D eigenvalue weighted by Crippen LogP contribution is 2.42. The molecule has 1 aromatic heterocycles. The lowest BCUT2D eigenvalue weighted by Gasteiger charge is -2.39. The van der Waals surface area contributed by atoms with E-state index in [1.807, 2.05) is 23.6 Å². The van der Waals surface area contributed by atoms with Crippen molar-refractivity contribution in [3.8, 4) is 0 Å². The van der Waals surface area contributed by atoms with Gasteiger partial charge in [0.2, 0.25) is 11.8 Å². The van der Waals surface area contributed by atoms with Crippen molar-refractivity contribution in [3.05, 3.63) is 29.2 Å². The summed E-state index contributed by atoms with van der Waals surface area (Å²) in [6.07, 6.45) is 9.65. The Balaban J connectivity index is 1.33. The number of hydrogen-bond acceptors (Lipinski definition) is 4. The highest BCUT2D eigenvalue weighted by Gasteiger charge is 2.45. The zero-order valence-corrected chi connectivity index (χ0v) is 16.4. The number of rotatable bonds is 4. The first kappa shape index (κ1) is 18.3. The van der Waals surface area contributed by atoms with E-state index in [9.17, 15) is 9.59 Å². The van der Waals surface area contributed by atoms with Gasteiger partial charge in [-0.1, -0.05) is 17.3 Å². The molecule has 0 radical (unpaired) electrons. The van der Waals surface area contributed by atoms with Gasteiger partial charge in [-0.25, -0.2) is 0 Å². The Hall–Kier alpha value is -2.11. The topological polar surface area (TPSA) is 66.7 Å². The lowest BCUT2D eigenvalue weighted by atomic mass is 9.77.